The first kappa shape index (κ1) is 14.8. The highest BCUT2D eigenvalue weighted by Gasteiger charge is 2.09. The minimum Gasteiger partial charge on any atom is -0.0870 e. The normalized spacial score (nSPS) is 18.2. The van der Waals surface area contributed by atoms with Gasteiger partial charge in [0.15, 0.2) is 0 Å². The van der Waals surface area contributed by atoms with Crippen LogP contribution in [0, 0.1) is 12.8 Å². The SMILES string of the molecule is C\C=C/C(=C\C=C\C1CCCCC1)c1ccc(C)cc1. The molecule has 0 bridgehead atoms. The van der Waals surface area contributed by atoms with Crippen LogP contribution in [0.15, 0.2) is 54.6 Å². The van der Waals surface area contributed by atoms with E-state index in [2.05, 4.69) is 68.5 Å². The quantitative estimate of drug-likeness (QED) is 0.578. The molecule has 1 aliphatic carbocycles. The Morgan fingerprint density at radius 2 is 1.75 bits per heavy atom. The van der Waals surface area contributed by atoms with E-state index in [-0.39, 0.29) is 0 Å². The molecule has 20 heavy (non-hydrogen) atoms. The average Bonchev–Trinajstić information content (AvgIpc) is 2.48. The molecular formula is C20H26. The van der Waals surface area contributed by atoms with Crippen LogP contribution in [0.4, 0.5) is 0 Å². The fourth-order valence-electron chi connectivity index (χ4n) is 2.82. The van der Waals surface area contributed by atoms with Crippen molar-refractivity contribution >= 4 is 5.57 Å². The van der Waals surface area contributed by atoms with E-state index in [1.165, 1.54) is 48.8 Å². The van der Waals surface area contributed by atoms with Crippen molar-refractivity contribution in [2.24, 2.45) is 5.92 Å². The Bertz CT molecular complexity index is 479. The van der Waals surface area contributed by atoms with Gasteiger partial charge in [0, 0.05) is 0 Å². The molecule has 1 fully saturated rings. The number of rotatable bonds is 4. The van der Waals surface area contributed by atoms with E-state index in [9.17, 15) is 0 Å². The van der Waals surface area contributed by atoms with Gasteiger partial charge in [-0.1, -0.05) is 79.5 Å². The summed E-state index contributed by atoms with van der Waals surface area (Å²) in [6.45, 7) is 4.21. The minimum atomic E-state index is 0.796. The highest BCUT2D eigenvalue weighted by molar-refractivity contribution is 5.75. The summed E-state index contributed by atoms with van der Waals surface area (Å²) in [6.07, 6.45) is 18.2. The fraction of sp³-hybridized carbons (Fsp3) is 0.400. The first-order chi connectivity index (χ1) is 9.79. The lowest BCUT2D eigenvalue weighted by Crippen LogP contribution is -2.02. The lowest BCUT2D eigenvalue weighted by molar-refractivity contribution is 0.419. The second-order valence-electron chi connectivity index (χ2n) is 5.77. The van der Waals surface area contributed by atoms with Gasteiger partial charge in [-0.15, -0.1) is 0 Å². The Morgan fingerprint density at radius 1 is 1.05 bits per heavy atom. The zero-order valence-corrected chi connectivity index (χ0v) is 12.8. The number of hydrogen-bond donors (Lipinski definition) is 0. The van der Waals surface area contributed by atoms with E-state index in [4.69, 9.17) is 0 Å². The van der Waals surface area contributed by atoms with E-state index in [1.54, 1.807) is 0 Å². The molecule has 2 rings (SSSR count). The van der Waals surface area contributed by atoms with Crippen LogP contribution in [-0.4, -0.2) is 0 Å². The van der Waals surface area contributed by atoms with Gasteiger partial charge in [-0.25, -0.2) is 0 Å². The minimum absolute atomic E-state index is 0.796. The van der Waals surface area contributed by atoms with Crippen molar-refractivity contribution in [1.82, 2.24) is 0 Å². The number of aryl methyl sites for hydroxylation is 1. The molecular weight excluding hydrogens is 240 g/mol. The van der Waals surface area contributed by atoms with Crippen LogP contribution < -0.4 is 0 Å². The number of hydrogen-bond acceptors (Lipinski definition) is 0. The largest absolute Gasteiger partial charge is 0.0870 e. The Kier molecular flexibility index (Phi) is 5.86. The maximum absolute atomic E-state index is 2.40. The summed E-state index contributed by atoms with van der Waals surface area (Å²) in [5, 5.41) is 0. The summed E-state index contributed by atoms with van der Waals surface area (Å²) < 4.78 is 0. The maximum Gasteiger partial charge on any atom is -0.0184 e. The molecule has 1 aliphatic rings. The number of allylic oxidation sites excluding steroid dienone is 6. The third kappa shape index (κ3) is 4.52. The first-order valence-corrected chi connectivity index (χ1v) is 7.88. The van der Waals surface area contributed by atoms with Crippen molar-refractivity contribution in [3.8, 4) is 0 Å². The third-order valence-electron chi connectivity index (χ3n) is 4.04. The van der Waals surface area contributed by atoms with Gasteiger partial charge in [-0.05, 0) is 43.7 Å². The van der Waals surface area contributed by atoms with Crippen molar-refractivity contribution in [1.29, 1.82) is 0 Å². The van der Waals surface area contributed by atoms with Crippen LogP contribution in [0.2, 0.25) is 0 Å². The zero-order chi connectivity index (χ0) is 14.2. The van der Waals surface area contributed by atoms with E-state index in [0.29, 0.717) is 0 Å². The molecule has 1 aromatic rings. The van der Waals surface area contributed by atoms with Crippen LogP contribution in [0.1, 0.15) is 50.2 Å². The topological polar surface area (TPSA) is 0 Å². The van der Waals surface area contributed by atoms with E-state index in [0.717, 1.165) is 5.92 Å². The smallest absolute Gasteiger partial charge is 0.0184 e. The summed E-state index contributed by atoms with van der Waals surface area (Å²) in [5.74, 6) is 0.796. The van der Waals surface area contributed by atoms with Crippen molar-refractivity contribution in [2.75, 3.05) is 0 Å². The molecule has 0 heteroatoms. The summed E-state index contributed by atoms with van der Waals surface area (Å²) in [7, 11) is 0. The zero-order valence-electron chi connectivity index (χ0n) is 12.8. The molecule has 0 nitrogen and oxygen atoms in total. The molecule has 0 aliphatic heterocycles. The van der Waals surface area contributed by atoms with E-state index < -0.39 is 0 Å². The molecule has 1 saturated carbocycles. The third-order valence-corrected chi connectivity index (χ3v) is 4.04. The fourth-order valence-corrected chi connectivity index (χ4v) is 2.82. The predicted octanol–water partition coefficient (Wildman–Crippen LogP) is 6.09. The highest BCUT2D eigenvalue weighted by Crippen LogP contribution is 2.25. The molecule has 0 aromatic heterocycles. The second-order valence-corrected chi connectivity index (χ2v) is 5.77. The highest BCUT2D eigenvalue weighted by atomic mass is 14.1. The van der Waals surface area contributed by atoms with Gasteiger partial charge in [0.05, 0.1) is 0 Å². The average molecular weight is 266 g/mol. The van der Waals surface area contributed by atoms with Crippen LogP contribution in [0.5, 0.6) is 0 Å². The van der Waals surface area contributed by atoms with Crippen molar-refractivity contribution in [2.45, 2.75) is 46.0 Å². The molecule has 0 amide bonds. The summed E-state index contributed by atoms with van der Waals surface area (Å²) in [5.41, 5.74) is 3.90. The lowest BCUT2D eigenvalue weighted by Gasteiger charge is -2.17. The predicted molar refractivity (Wildman–Crippen MR) is 89.7 cm³/mol. The van der Waals surface area contributed by atoms with Crippen molar-refractivity contribution in [3.63, 3.8) is 0 Å². The molecule has 0 heterocycles. The summed E-state index contributed by atoms with van der Waals surface area (Å²) in [6, 6.07) is 8.76. The molecule has 0 N–H and O–H groups in total. The second kappa shape index (κ2) is 7.89. The van der Waals surface area contributed by atoms with Gasteiger partial charge in [0.25, 0.3) is 0 Å². The molecule has 1 aromatic carbocycles. The standard InChI is InChI=1S/C20H26/c1-3-8-19(20-15-13-17(2)14-16-20)12-7-11-18-9-5-4-6-10-18/h3,7-8,11-16,18H,4-6,9-10H2,1-2H3/b8-3-,11-7+,19-12+. The van der Waals surface area contributed by atoms with E-state index >= 15 is 0 Å². The van der Waals surface area contributed by atoms with Gasteiger partial charge in [-0.2, -0.15) is 0 Å². The van der Waals surface area contributed by atoms with Gasteiger partial charge in [0.1, 0.15) is 0 Å². The van der Waals surface area contributed by atoms with E-state index in [1.807, 2.05) is 0 Å². The van der Waals surface area contributed by atoms with Gasteiger partial charge in [0.2, 0.25) is 0 Å². The van der Waals surface area contributed by atoms with Gasteiger partial charge < -0.3 is 0 Å². The molecule has 0 saturated heterocycles. The summed E-state index contributed by atoms with van der Waals surface area (Å²) in [4.78, 5) is 0. The van der Waals surface area contributed by atoms with Crippen LogP contribution in [-0.2, 0) is 0 Å². The van der Waals surface area contributed by atoms with Crippen molar-refractivity contribution in [3.05, 3.63) is 65.8 Å². The lowest BCUT2D eigenvalue weighted by atomic mass is 9.89. The molecule has 0 radical (unpaired) electrons. The molecule has 106 valence electrons. The van der Waals surface area contributed by atoms with Crippen LogP contribution >= 0.6 is 0 Å². The molecule has 0 spiro atoms. The Balaban J connectivity index is 2.09. The van der Waals surface area contributed by atoms with Gasteiger partial charge in [-0.3, -0.25) is 0 Å². The van der Waals surface area contributed by atoms with Crippen LogP contribution in [0.25, 0.3) is 5.57 Å². The van der Waals surface area contributed by atoms with Crippen molar-refractivity contribution < 1.29 is 0 Å². The Labute approximate surface area is 123 Å². The van der Waals surface area contributed by atoms with Gasteiger partial charge >= 0.3 is 0 Å². The number of benzene rings is 1. The van der Waals surface area contributed by atoms with Crippen LogP contribution in [0.3, 0.4) is 0 Å². The monoisotopic (exact) mass is 266 g/mol. The maximum atomic E-state index is 2.40. The Hall–Kier alpha value is -1.56. The molecule has 0 atom stereocenters. The summed E-state index contributed by atoms with van der Waals surface area (Å²) >= 11 is 0. The first-order valence-electron chi connectivity index (χ1n) is 7.88. The molecule has 0 unspecified atom stereocenters. The Morgan fingerprint density at radius 3 is 2.40 bits per heavy atom.